The van der Waals surface area contributed by atoms with E-state index in [-0.39, 0.29) is 24.7 Å². The van der Waals surface area contributed by atoms with Crippen molar-refractivity contribution in [1.82, 2.24) is 0 Å². The lowest BCUT2D eigenvalue weighted by Crippen LogP contribution is -2.12. The first kappa shape index (κ1) is 26.9. The maximum atomic E-state index is 12.8. The summed E-state index contributed by atoms with van der Waals surface area (Å²) >= 11 is 0. The molecule has 37 heavy (non-hydrogen) atoms. The molecule has 0 radical (unpaired) electrons. The molecule has 0 bridgehead atoms. The van der Waals surface area contributed by atoms with Gasteiger partial charge in [0.15, 0.2) is 0 Å². The number of ether oxygens (including phenoxy) is 4. The van der Waals surface area contributed by atoms with Crippen molar-refractivity contribution in [3.8, 4) is 28.4 Å². The van der Waals surface area contributed by atoms with Crippen molar-refractivity contribution in [1.29, 1.82) is 0 Å². The minimum Gasteiger partial charge on any atom is -0.490 e. The highest BCUT2D eigenvalue weighted by atomic mass is 19.1. The van der Waals surface area contributed by atoms with Crippen LogP contribution in [0.15, 0.2) is 91.3 Å². The summed E-state index contributed by atoms with van der Waals surface area (Å²) in [6.45, 7) is 9.96. The first-order chi connectivity index (χ1) is 17.6. The summed E-state index contributed by atoms with van der Waals surface area (Å²) in [5.41, 5.74) is 2.96. The summed E-state index contributed by atoms with van der Waals surface area (Å²) < 4.78 is 33.7. The van der Waals surface area contributed by atoms with Gasteiger partial charge in [0.05, 0.1) is 5.56 Å². The first-order valence-electron chi connectivity index (χ1n) is 11.2. The molecule has 0 aliphatic rings. The van der Waals surface area contributed by atoms with Crippen LogP contribution in [0.3, 0.4) is 0 Å². The number of hydrogen-bond acceptors (Lipinski definition) is 7. The van der Waals surface area contributed by atoms with Gasteiger partial charge in [-0.2, -0.15) is 4.39 Å². The fraction of sp³-hybridized carbons (Fsp3) is 0.138. The molecule has 0 aromatic heterocycles. The van der Waals surface area contributed by atoms with Gasteiger partial charge >= 0.3 is 17.9 Å². The second-order valence-electron chi connectivity index (χ2n) is 7.98. The third-order valence-electron chi connectivity index (χ3n) is 5.02. The van der Waals surface area contributed by atoms with Gasteiger partial charge in [-0.15, -0.1) is 0 Å². The van der Waals surface area contributed by atoms with Gasteiger partial charge in [-0.1, -0.05) is 37.4 Å². The quantitative estimate of drug-likeness (QED) is 0.150. The predicted molar refractivity (Wildman–Crippen MR) is 135 cm³/mol. The summed E-state index contributed by atoms with van der Waals surface area (Å²) in [7, 11) is 0. The Morgan fingerprint density at radius 3 is 1.95 bits per heavy atom. The van der Waals surface area contributed by atoms with Crippen LogP contribution in [0.2, 0.25) is 0 Å². The van der Waals surface area contributed by atoms with E-state index in [1.807, 2.05) is 12.1 Å². The Kier molecular flexibility index (Phi) is 8.94. The number of rotatable bonds is 10. The van der Waals surface area contributed by atoms with Crippen molar-refractivity contribution in [2.45, 2.75) is 13.8 Å². The molecule has 0 aliphatic carbocycles. The third kappa shape index (κ3) is 7.63. The first-order valence-corrected chi connectivity index (χ1v) is 11.2. The summed E-state index contributed by atoms with van der Waals surface area (Å²) in [4.78, 5) is 35.3. The summed E-state index contributed by atoms with van der Waals surface area (Å²) in [5, 5.41) is 0. The molecule has 0 fully saturated rings. The molecular weight excluding hydrogens is 479 g/mol. The van der Waals surface area contributed by atoms with Crippen LogP contribution in [0.25, 0.3) is 11.1 Å². The van der Waals surface area contributed by atoms with Crippen LogP contribution in [0, 0.1) is 6.92 Å². The Balaban J connectivity index is 1.56. The molecule has 0 saturated carbocycles. The lowest BCUT2D eigenvalue weighted by molar-refractivity contribution is -0.139. The molecule has 0 amide bonds. The Bertz CT molecular complexity index is 1330. The molecule has 190 valence electrons. The molecule has 0 atom stereocenters. The van der Waals surface area contributed by atoms with Crippen molar-refractivity contribution < 1.29 is 37.7 Å². The third-order valence-corrected chi connectivity index (χ3v) is 5.02. The molecule has 0 spiro atoms. The molecule has 3 aromatic carbocycles. The molecular formula is C29H25FO7. The topological polar surface area (TPSA) is 88.1 Å². The van der Waals surface area contributed by atoms with Gasteiger partial charge in [-0.25, -0.2) is 14.4 Å². The van der Waals surface area contributed by atoms with Crippen LogP contribution in [0.1, 0.15) is 22.8 Å². The zero-order valence-corrected chi connectivity index (χ0v) is 20.4. The summed E-state index contributed by atoms with van der Waals surface area (Å²) in [6, 6.07) is 18.6. The SMILES string of the molecule is C=C(C)C(=O)OCCOc1ccc(-c2ccc(C(=O)Oc3ccc(OC(=O)C(=C)F)c(C)c3)cc2)cc1. The fourth-order valence-electron chi connectivity index (χ4n) is 3.08. The van der Waals surface area contributed by atoms with Crippen LogP contribution < -0.4 is 14.2 Å². The number of carbonyl (C=O) groups excluding carboxylic acids is 3. The van der Waals surface area contributed by atoms with E-state index < -0.39 is 23.7 Å². The molecule has 0 unspecified atom stereocenters. The van der Waals surface area contributed by atoms with Crippen molar-refractivity contribution in [3.05, 3.63) is 102 Å². The normalized spacial score (nSPS) is 10.2. The highest BCUT2D eigenvalue weighted by Crippen LogP contribution is 2.26. The lowest BCUT2D eigenvalue weighted by Gasteiger charge is -2.10. The summed E-state index contributed by atoms with van der Waals surface area (Å²) in [6.07, 6.45) is 0. The van der Waals surface area contributed by atoms with Crippen molar-refractivity contribution in [2.75, 3.05) is 13.2 Å². The maximum absolute atomic E-state index is 12.8. The molecule has 8 heteroatoms. The number of esters is 3. The Morgan fingerprint density at radius 1 is 0.784 bits per heavy atom. The molecule has 0 saturated heterocycles. The van der Waals surface area contributed by atoms with Gasteiger partial charge in [0.2, 0.25) is 5.83 Å². The van der Waals surface area contributed by atoms with Crippen LogP contribution in [0.4, 0.5) is 4.39 Å². The molecule has 3 aromatic rings. The van der Waals surface area contributed by atoms with E-state index in [9.17, 15) is 18.8 Å². The van der Waals surface area contributed by atoms with E-state index in [4.69, 9.17) is 18.9 Å². The Hall–Kier alpha value is -4.72. The monoisotopic (exact) mass is 504 g/mol. The standard InChI is InChI=1S/C29H25FO7/c1-18(2)27(31)35-16-15-34-24-11-9-22(10-12-24)21-5-7-23(8-6-21)29(33)36-25-13-14-26(19(3)17-25)37-28(32)20(4)30/h5-14,17H,1,4,15-16H2,2-3H3. The van der Waals surface area contributed by atoms with Gasteiger partial charge < -0.3 is 18.9 Å². The summed E-state index contributed by atoms with van der Waals surface area (Å²) in [5.74, 6) is -2.40. The van der Waals surface area contributed by atoms with E-state index in [1.165, 1.54) is 18.2 Å². The van der Waals surface area contributed by atoms with Gasteiger partial charge in [-0.3, -0.25) is 0 Å². The Morgan fingerprint density at radius 2 is 1.38 bits per heavy atom. The van der Waals surface area contributed by atoms with E-state index >= 15 is 0 Å². The van der Waals surface area contributed by atoms with E-state index in [2.05, 4.69) is 13.2 Å². The number of carbonyl (C=O) groups is 3. The van der Waals surface area contributed by atoms with E-state index in [1.54, 1.807) is 50.2 Å². The minimum atomic E-state index is -1.21. The minimum absolute atomic E-state index is 0.122. The Labute approximate surface area is 213 Å². The molecule has 0 N–H and O–H groups in total. The zero-order valence-electron chi connectivity index (χ0n) is 20.4. The van der Waals surface area contributed by atoms with Crippen LogP contribution >= 0.6 is 0 Å². The number of hydrogen-bond donors (Lipinski definition) is 0. The van der Waals surface area contributed by atoms with Crippen LogP contribution in [0.5, 0.6) is 17.2 Å². The molecule has 0 heterocycles. The molecule has 7 nitrogen and oxygen atoms in total. The molecule has 0 aliphatic heterocycles. The lowest BCUT2D eigenvalue weighted by atomic mass is 10.0. The van der Waals surface area contributed by atoms with Crippen molar-refractivity contribution >= 4 is 17.9 Å². The number of halogens is 1. The fourth-order valence-corrected chi connectivity index (χ4v) is 3.08. The average molecular weight is 505 g/mol. The average Bonchev–Trinajstić information content (AvgIpc) is 2.88. The second-order valence-corrected chi connectivity index (χ2v) is 7.98. The molecule has 3 rings (SSSR count). The van der Waals surface area contributed by atoms with E-state index in [0.29, 0.717) is 22.4 Å². The smallest absolute Gasteiger partial charge is 0.371 e. The van der Waals surface area contributed by atoms with Gasteiger partial charge in [0.1, 0.15) is 30.5 Å². The van der Waals surface area contributed by atoms with Crippen molar-refractivity contribution in [3.63, 3.8) is 0 Å². The van der Waals surface area contributed by atoms with Gasteiger partial charge in [0, 0.05) is 5.57 Å². The zero-order chi connectivity index (χ0) is 26.9. The number of aryl methyl sites for hydroxylation is 1. The van der Waals surface area contributed by atoms with Crippen molar-refractivity contribution in [2.24, 2.45) is 0 Å². The second kappa shape index (κ2) is 12.3. The highest BCUT2D eigenvalue weighted by molar-refractivity contribution is 5.92. The highest BCUT2D eigenvalue weighted by Gasteiger charge is 2.14. The van der Waals surface area contributed by atoms with Crippen LogP contribution in [-0.2, 0) is 14.3 Å². The van der Waals surface area contributed by atoms with Gasteiger partial charge in [-0.05, 0) is 73.0 Å². The number of benzene rings is 3. The van der Waals surface area contributed by atoms with E-state index in [0.717, 1.165) is 11.1 Å². The van der Waals surface area contributed by atoms with Gasteiger partial charge in [0.25, 0.3) is 0 Å². The predicted octanol–water partition coefficient (Wildman–Crippen LogP) is 5.77. The maximum Gasteiger partial charge on any atom is 0.371 e. The largest absolute Gasteiger partial charge is 0.490 e. The van der Waals surface area contributed by atoms with Crippen LogP contribution in [-0.4, -0.2) is 31.1 Å².